The molecule has 0 amide bonds. The summed E-state index contributed by atoms with van der Waals surface area (Å²) in [6.45, 7) is 6.68. The molecule has 3 rings (SSSR count). The van der Waals surface area contributed by atoms with Crippen molar-refractivity contribution in [1.82, 2.24) is 9.97 Å². The zero-order valence-electron chi connectivity index (χ0n) is 14.2. The van der Waals surface area contributed by atoms with Crippen LogP contribution >= 0.6 is 23.1 Å². The van der Waals surface area contributed by atoms with Crippen LogP contribution in [-0.4, -0.2) is 34.4 Å². The molecule has 2 N–H and O–H groups in total. The lowest BCUT2D eigenvalue weighted by molar-refractivity contribution is -0.139. The van der Waals surface area contributed by atoms with E-state index in [-0.39, 0.29) is 17.3 Å². The predicted molar refractivity (Wildman–Crippen MR) is 96.3 cm³/mol. The molecule has 2 atom stereocenters. The number of esters is 1. The Kier molecular flexibility index (Phi) is 4.98. The second-order valence-electron chi connectivity index (χ2n) is 6.16. The molecule has 0 fully saturated rings. The number of nitrogens with two attached hydrogens (primary N) is 1. The van der Waals surface area contributed by atoms with E-state index in [0.29, 0.717) is 23.5 Å². The number of aromatic nitrogens is 2. The molecule has 0 radical (unpaired) electrons. The Bertz CT molecular complexity index is 776. The zero-order chi connectivity index (χ0) is 17.4. The molecule has 1 aliphatic rings. The van der Waals surface area contributed by atoms with Crippen molar-refractivity contribution in [3.8, 4) is 0 Å². The number of thiophene rings is 1. The number of hydrogen-bond donors (Lipinski definition) is 1. The number of hydrogen-bond acceptors (Lipinski definition) is 8. The molecule has 2 aromatic heterocycles. The molecule has 2 aromatic rings. The van der Waals surface area contributed by atoms with Crippen molar-refractivity contribution in [3.05, 3.63) is 10.4 Å². The average Bonchev–Trinajstić information content (AvgIpc) is 2.91. The van der Waals surface area contributed by atoms with E-state index in [4.69, 9.17) is 15.2 Å². The van der Waals surface area contributed by atoms with E-state index in [2.05, 4.69) is 23.8 Å². The number of carbonyl (C=O) groups is 1. The van der Waals surface area contributed by atoms with Gasteiger partial charge in [-0.2, -0.15) is 0 Å². The third kappa shape index (κ3) is 3.22. The first-order valence-corrected chi connectivity index (χ1v) is 9.54. The lowest BCUT2D eigenvalue weighted by Crippen LogP contribution is -2.26. The number of nitrogens with zero attached hydrogens (tertiary/aromatic N) is 2. The van der Waals surface area contributed by atoms with Gasteiger partial charge in [-0.1, -0.05) is 25.6 Å². The molecule has 1 aliphatic heterocycles. The second-order valence-corrected chi connectivity index (χ2v) is 8.55. The highest BCUT2D eigenvalue weighted by Crippen LogP contribution is 2.39. The molecule has 3 heterocycles. The van der Waals surface area contributed by atoms with Crippen LogP contribution in [0.15, 0.2) is 5.16 Å². The monoisotopic (exact) mass is 367 g/mol. The van der Waals surface area contributed by atoms with Crippen LogP contribution in [0.3, 0.4) is 0 Å². The fourth-order valence-electron chi connectivity index (χ4n) is 2.74. The van der Waals surface area contributed by atoms with Crippen LogP contribution in [0, 0.1) is 5.92 Å². The largest absolute Gasteiger partial charge is 0.468 e. The molecule has 0 aliphatic carbocycles. The highest BCUT2D eigenvalue weighted by Gasteiger charge is 2.28. The molecular weight excluding hydrogens is 346 g/mol. The fraction of sp³-hybridized carbons (Fsp3) is 0.562. The van der Waals surface area contributed by atoms with Crippen LogP contribution < -0.4 is 5.73 Å². The summed E-state index contributed by atoms with van der Waals surface area (Å²) in [7, 11) is 1.37. The second kappa shape index (κ2) is 6.85. The van der Waals surface area contributed by atoms with E-state index in [1.165, 1.54) is 29.3 Å². The van der Waals surface area contributed by atoms with Crippen LogP contribution in [0.5, 0.6) is 0 Å². The van der Waals surface area contributed by atoms with Crippen LogP contribution in [0.2, 0.25) is 0 Å². The van der Waals surface area contributed by atoms with Crippen molar-refractivity contribution in [2.75, 3.05) is 12.8 Å². The number of fused-ring (bicyclic) bond motifs is 3. The first kappa shape index (κ1) is 17.4. The number of nitrogen functional groups attached to an aromatic ring is 1. The Morgan fingerprint density at radius 3 is 2.83 bits per heavy atom. The molecule has 6 nitrogen and oxygen atoms in total. The van der Waals surface area contributed by atoms with Crippen LogP contribution in [0.1, 0.15) is 31.2 Å². The Balaban J connectivity index is 1.95. The molecule has 0 aromatic carbocycles. The molecule has 8 heteroatoms. The van der Waals surface area contributed by atoms with Crippen LogP contribution in [0.4, 0.5) is 5.82 Å². The highest BCUT2D eigenvalue weighted by molar-refractivity contribution is 8.00. The maximum Gasteiger partial charge on any atom is 0.318 e. The molecule has 0 unspecified atom stereocenters. The summed E-state index contributed by atoms with van der Waals surface area (Å²) in [5, 5.41) is 1.06. The lowest BCUT2D eigenvalue weighted by Gasteiger charge is -2.26. The summed E-state index contributed by atoms with van der Waals surface area (Å²) in [5.41, 5.74) is 7.43. The predicted octanol–water partition coefficient (Wildman–Crippen LogP) is 3.02. The summed E-state index contributed by atoms with van der Waals surface area (Å²) in [5.74, 6) is 0.619. The van der Waals surface area contributed by atoms with Gasteiger partial charge in [-0.25, -0.2) is 9.97 Å². The minimum Gasteiger partial charge on any atom is -0.468 e. The summed E-state index contributed by atoms with van der Waals surface area (Å²) in [6.07, 6.45) is 1.04. The van der Waals surface area contributed by atoms with Gasteiger partial charge in [0.15, 0.2) is 5.16 Å². The topological polar surface area (TPSA) is 87.3 Å². The highest BCUT2D eigenvalue weighted by atomic mass is 32.2. The van der Waals surface area contributed by atoms with E-state index in [1.54, 1.807) is 18.3 Å². The summed E-state index contributed by atoms with van der Waals surface area (Å²) >= 11 is 2.85. The Morgan fingerprint density at radius 1 is 1.42 bits per heavy atom. The normalized spacial score (nSPS) is 18.6. The number of anilines is 1. The van der Waals surface area contributed by atoms with Gasteiger partial charge in [0.2, 0.25) is 0 Å². The fourth-order valence-corrected chi connectivity index (χ4v) is 4.73. The molecule has 0 saturated carbocycles. The minimum absolute atomic E-state index is 0.197. The van der Waals surface area contributed by atoms with Gasteiger partial charge in [-0.15, -0.1) is 11.3 Å². The summed E-state index contributed by atoms with van der Waals surface area (Å²) in [4.78, 5) is 22.6. The van der Waals surface area contributed by atoms with Gasteiger partial charge in [-0.3, -0.25) is 4.79 Å². The van der Waals surface area contributed by atoms with E-state index in [9.17, 15) is 4.79 Å². The summed E-state index contributed by atoms with van der Waals surface area (Å²) < 4.78 is 10.7. The maximum absolute atomic E-state index is 11.6. The molecular formula is C16H21N3O3S2. The van der Waals surface area contributed by atoms with Gasteiger partial charge < -0.3 is 15.2 Å². The van der Waals surface area contributed by atoms with Crippen molar-refractivity contribution in [2.24, 2.45) is 5.92 Å². The molecule has 0 saturated heterocycles. The van der Waals surface area contributed by atoms with Gasteiger partial charge in [0.05, 0.1) is 25.2 Å². The maximum atomic E-state index is 11.6. The lowest BCUT2D eigenvalue weighted by atomic mass is 9.96. The van der Waals surface area contributed by atoms with Gasteiger partial charge >= 0.3 is 5.97 Å². The van der Waals surface area contributed by atoms with E-state index in [1.807, 2.05) is 0 Å². The molecule has 0 spiro atoms. The smallest absolute Gasteiger partial charge is 0.318 e. The van der Waals surface area contributed by atoms with Gasteiger partial charge in [0.25, 0.3) is 0 Å². The van der Waals surface area contributed by atoms with E-state index in [0.717, 1.165) is 16.6 Å². The van der Waals surface area contributed by atoms with Crippen molar-refractivity contribution in [3.63, 3.8) is 0 Å². The third-order valence-electron chi connectivity index (χ3n) is 4.13. The third-order valence-corrected chi connectivity index (χ3v) is 6.17. The Hall–Kier alpha value is -1.38. The number of methoxy groups -OCH3 is 1. The summed E-state index contributed by atoms with van der Waals surface area (Å²) in [6, 6.07) is 0. The van der Waals surface area contributed by atoms with Crippen molar-refractivity contribution in [2.45, 2.75) is 50.3 Å². The average molecular weight is 367 g/mol. The quantitative estimate of drug-likeness (QED) is 0.505. The van der Waals surface area contributed by atoms with Gasteiger partial charge in [-0.05, 0) is 18.4 Å². The van der Waals surface area contributed by atoms with E-state index < -0.39 is 0 Å². The number of rotatable bonds is 4. The minimum atomic E-state index is -0.380. The first-order valence-electron chi connectivity index (χ1n) is 7.84. The Morgan fingerprint density at radius 2 is 2.17 bits per heavy atom. The standard InChI is InChI=1S/C16H21N3O3S2/c1-7(2)10-5-9-11(6-22-10)24-14-12(9)13(17)18-16(19-14)23-8(3)15(20)21-4/h7-8,10H,5-6H2,1-4H3,(H2,17,18,19)/t8-,10-/m1/s1. The van der Waals surface area contributed by atoms with Crippen LogP contribution in [-0.2, 0) is 27.3 Å². The van der Waals surface area contributed by atoms with Gasteiger partial charge in [0.1, 0.15) is 15.9 Å². The van der Waals surface area contributed by atoms with Gasteiger partial charge in [0, 0.05) is 11.3 Å². The van der Waals surface area contributed by atoms with Crippen molar-refractivity contribution in [1.29, 1.82) is 0 Å². The zero-order valence-corrected chi connectivity index (χ0v) is 15.8. The number of thioether (sulfide) groups is 1. The number of ether oxygens (including phenoxy) is 2. The molecule has 0 bridgehead atoms. The van der Waals surface area contributed by atoms with Crippen LogP contribution in [0.25, 0.3) is 10.2 Å². The SMILES string of the molecule is COC(=O)[C@@H](C)Sc1nc(N)c2c3c(sc2n1)CO[C@@H](C(C)C)C3. The molecule has 130 valence electrons. The molecule has 24 heavy (non-hydrogen) atoms. The number of carbonyl (C=O) groups excluding carboxylic acids is 1. The van der Waals surface area contributed by atoms with E-state index >= 15 is 0 Å². The Labute approximate surface area is 149 Å². The first-order chi connectivity index (χ1) is 11.4. The van der Waals surface area contributed by atoms with Crippen molar-refractivity contribution < 1.29 is 14.3 Å². The van der Waals surface area contributed by atoms with Crippen molar-refractivity contribution >= 4 is 45.1 Å².